The summed E-state index contributed by atoms with van der Waals surface area (Å²) in [4.78, 5) is 16.1. The molecule has 0 radical (unpaired) electrons. The van der Waals surface area contributed by atoms with E-state index in [1.165, 1.54) is 19.4 Å². The van der Waals surface area contributed by atoms with Gasteiger partial charge in [-0.3, -0.25) is 4.90 Å². The highest BCUT2D eigenvalue weighted by Crippen LogP contribution is 2.30. The van der Waals surface area contributed by atoms with Crippen LogP contribution in [0.5, 0.6) is 0 Å². The zero-order valence-electron chi connectivity index (χ0n) is 12.0. The number of aromatic carboxylic acids is 1. The van der Waals surface area contributed by atoms with Crippen LogP contribution in [0.1, 0.15) is 28.8 Å². The maximum Gasteiger partial charge on any atom is 0.337 e. The molecule has 4 heteroatoms. The van der Waals surface area contributed by atoms with Crippen molar-refractivity contribution in [3.63, 3.8) is 0 Å². The lowest BCUT2D eigenvalue weighted by Gasteiger charge is -2.36. The molecule has 0 spiro atoms. The molecule has 1 N–H and O–H groups in total. The van der Waals surface area contributed by atoms with Gasteiger partial charge in [0.2, 0.25) is 0 Å². The average molecular weight is 274 g/mol. The Bertz CT molecular complexity index is 503. The molecule has 1 saturated heterocycles. The average Bonchev–Trinajstić information content (AvgIpc) is 3.23. The van der Waals surface area contributed by atoms with Crippen LogP contribution in [0.4, 0.5) is 5.69 Å². The molecule has 1 aromatic rings. The number of nitrogens with zero attached hydrogens (tertiary/aromatic N) is 2. The van der Waals surface area contributed by atoms with Gasteiger partial charge in [-0.2, -0.15) is 0 Å². The molecule has 0 bridgehead atoms. The van der Waals surface area contributed by atoms with Crippen LogP contribution >= 0.6 is 0 Å². The molecule has 1 aliphatic heterocycles. The molecule has 0 unspecified atom stereocenters. The maximum absolute atomic E-state index is 11.4. The van der Waals surface area contributed by atoms with Crippen molar-refractivity contribution in [2.24, 2.45) is 5.92 Å². The minimum atomic E-state index is -0.833. The number of aryl methyl sites for hydroxylation is 1. The fourth-order valence-electron chi connectivity index (χ4n) is 2.92. The van der Waals surface area contributed by atoms with Crippen LogP contribution in [0.15, 0.2) is 18.2 Å². The van der Waals surface area contributed by atoms with Crippen LogP contribution in [0, 0.1) is 12.8 Å². The van der Waals surface area contributed by atoms with E-state index >= 15 is 0 Å². The zero-order valence-corrected chi connectivity index (χ0v) is 12.0. The standard InChI is InChI=1S/C16H22N2O2/c1-12-2-5-14(16(19)20)15(10-12)18-8-6-17(7-9-18)11-13-3-4-13/h2,5,10,13H,3-4,6-9,11H2,1H3,(H,19,20). The van der Waals surface area contributed by atoms with Gasteiger partial charge in [-0.1, -0.05) is 6.07 Å². The van der Waals surface area contributed by atoms with Crippen molar-refractivity contribution in [1.82, 2.24) is 4.90 Å². The molecule has 2 aliphatic rings. The molecule has 1 saturated carbocycles. The van der Waals surface area contributed by atoms with Gasteiger partial charge in [0.05, 0.1) is 11.3 Å². The van der Waals surface area contributed by atoms with E-state index in [1.54, 1.807) is 6.07 Å². The van der Waals surface area contributed by atoms with Crippen LogP contribution in [0.2, 0.25) is 0 Å². The summed E-state index contributed by atoms with van der Waals surface area (Å²) in [6.07, 6.45) is 2.78. The zero-order chi connectivity index (χ0) is 14.1. The molecule has 0 amide bonds. The Labute approximate surface area is 120 Å². The molecule has 4 nitrogen and oxygen atoms in total. The Hall–Kier alpha value is -1.55. The molecule has 0 atom stereocenters. The van der Waals surface area contributed by atoms with Crippen molar-refractivity contribution < 1.29 is 9.90 Å². The molecule has 108 valence electrons. The number of hydrogen-bond acceptors (Lipinski definition) is 3. The molecular formula is C16H22N2O2. The van der Waals surface area contributed by atoms with Crippen molar-refractivity contribution in [3.05, 3.63) is 29.3 Å². The van der Waals surface area contributed by atoms with Crippen LogP contribution < -0.4 is 4.90 Å². The Morgan fingerprint density at radius 1 is 1.25 bits per heavy atom. The largest absolute Gasteiger partial charge is 0.478 e. The first-order chi connectivity index (χ1) is 9.63. The Morgan fingerprint density at radius 3 is 2.55 bits per heavy atom. The van der Waals surface area contributed by atoms with Crippen molar-refractivity contribution in [2.75, 3.05) is 37.6 Å². The molecule has 20 heavy (non-hydrogen) atoms. The number of benzene rings is 1. The highest BCUT2D eigenvalue weighted by molar-refractivity contribution is 5.94. The number of rotatable bonds is 4. The van der Waals surface area contributed by atoms with Crippen molar-refractivity contribution >= 4 is 11.7 Å². The molecule has 3 rings (SSSR count). The normalized spacial score (nSPS) is 20.1. The molecule has 1 aromatic carbocycles. The van der Waals surface area contributed by atoms with E-state index in [-0.39, 0.29) is 0 Å². The second-order valence-electron chi connectivity index (χ2n) is 6.06. The minimum absolute atomic E-state index is 0.422. The van der Waals surface area contributed by atoms with Gasteiger partial charge in [-0.15, -0.1) is 0 Å². The van der Waals surface area contributed by atoms with Crippen molar-refractivity contribution in [2.45, 2.75) is 19.8 Å². The number of anilines is 1. The number of hydrogen-bond donors (Lipinski definition) is 1. The van der Waals surface area contributed by atoms with E-state index < -0.39 is 5.97 Å². The van der Waals surface area contributed by atoms with E-state index in [0.29, 0.717) is 5.56 Å². The van der Waals surface area contributed by atoms with E-state index in [4.69, 9.17) is 0 Å². The smallest absolute Gasteiger partial charge is 0.337 e. The summed E-state index contributed by atoms with van der Waals surface area (Å²) < 4.78 is 0. The third-order valence-electron chi connectivity index (χ3n) is 4.31. The predicted octanol–water partition coefficient (Wildman–Crippen LogP) is 2.23. The number of carbonyl (C=O) groups is 1. The summed E-state index contributed by atoms with van der Waals surface area (Å²) >= 11 is 0. The number of carboxylic acids is 1. The highest BCUT2D eigenvalue weighted by atomic mass is 16.4. The topological polar surface area (TPSA) is 43.8 Å². The molecule has 0 aromatic heterocycles. The lowest BCUT2D eigenvalue weighted by Crippen LogP contribution is -2.47. The van der Waals surface area contributed by atoms with Gasteiger partial charge in [-0.25, -0.2) is 4.79 Å². The van der Waals surface area contributed by atoms with Gasteiger partial charge in [0, 0.05) is 32.7 Å². The Balaban J connectivity index is 1.70. The summed E-state index contributed by atoms with van der Waals surface area (Å²) in [5.74, 6) is 0.0931. The SMILES string of the molecule is Cc1ccc(C(=O)O)c(N2CCN(CC3CC3)CC2)c1. The van der Waals surface area contributed by atoms with Crippen LogP contribution in [-0.2, 0) is 0 Å². The lowest BCUT2D eigenvalue weighted by molar-refractivity contribution is 0.0697. The third-order valence-corrected chi connectivity index (χ3v) is 4.31. The van der Waals surface area contributed by atoms with E-state index in [9.17, 15) is 9.90 Å². The Morgan fingerprint density at radius 2 is 1.95 bits per heavy atom. The third kappa shape index (κ3) is 2.96. The predicted molar refractivity (Wildman–Crippen MR) is 79.5 cm³/mol. The van der Waals surface area contributed by atoms with Crippen LogP contribution in [0.3, 0.4) is 0 Å². The second-order valence-corrected chi connectivity index (χ2v) is 6.06. The summed E-state index contributed by atoms with van der Waals surface area (Å²) in [6.45, 7) is 7.19. The van der Waals surface area contributed by atoms with Gasteiger partial charge < -0.3 is 10.0 Å². The van der Waals surface area contributed by atoms with Gasteiger partial charge in [-0.05, 0) is 43.4 Å². The minimum Gasteiger partial charge on any atom is -0.478 e. The van der Waals surface area contributed by atoms with Gasteiger partial charge in [0.15, 0.2) is 0 Å². The summed E-state index contributed by atoms with van der Waals surface area (Å²) in [6, 6.07) is 5.60. The summed E-state index contributed by atoms with van der Waals surface area (Å²) in [5.41, 5.74) is 2.42. The van der Waals surface area contributed by atoms with E-state index in [2.05, 4.69) is 9.80 Å². The van der Waals surface area contributed by atoms with Gasteiger partial charge in [0.25, 0.3) is 0 Å². The molecule has 1 heterocycles. The summed E-state index contributed by atoms with van der Waals surface area (Å²) in [7, 11) is 0. The van der Waals surface area contributed by atoms with Gasteiger partial charge >= 0.3 is 5.97 Å². The van der Waals surface area contributed by atoms with Crippen LogP contribution in [-0.4, -0.2) is 48.7 Å². The fourth-order valence-corrected chi connectivity index (χ4v) is 2.92. The molecular weight excluding hydrogens is 252 g/mol. The number of carboxylic acid groups (broad SMARTS) is 1. The fraction of sp³-hybridized carbons (Fsp3) is 0.562. The van der Waals surface area contributed by atoms with Crippen LogP contribution in [0.25, 0.3) is 0 Å². The Kier molecular flexibility index (Phi) is 3.66. The monoisotopic (exact) mass is 274 g/mol. The first kappa shape index (κ1) is 13.4. The molecule has 1 aliphatic carbocycles. The quantitative estimate of drug-likeness (QED) is 0.914. The first-order valence-electron chi connectivity index (χ1n) is 7.45. The van der Waals surface area contributed by atoms with E-state index in [0.717, 1.165) is 43.3 Å². The van der Waals surface area contributed by atoms with E-state index in [1.807, 2.05) is 19.1 Å². The number of piperazine rings is 1. The van der Waals surface area contributed by atoms with Crippen molar-refractivity contribution in [3.8, 4) is 0 Å². The second kappa shape index (κ2) is 5.44. The molecule has 2 fully saturated rings. The lowest BCUT2D eigenvalue weighted by atomic mass is 10.1. The first-order valence-corrected chi connectivity index (χ1v) is 7.45. The summed E-state index contributed by atoms with van der Waals surface area (Å²) in [5, 5.41) is 9.33. The van der Waals surface area contributed by atoms with Gasteiger partial charge in [0.1, 0.15) is 0 Å². The maximum atomic E-state index is 11.4. The van der Waals surface area contributed by atoms with Crippen molar-refractivity contribution in [1.29, 1.82) is 0 Å². The highest BCUT2D eigenvalue weighted by Gasteiger charge is 2.27.